The van der Waals surface area contributed by atoms with Crippen LogP contribution in [0.2, 0.25) is 0 Å². The predicted octanol–water partition coefficient (Wildman–Crippen LogP) is 4.48. The van der Waals surface area contributed by atoms with Gasteiger partial charge < -0.3 is 15.3 Å². The number of carboxylic acid groups (broad SMARTS) is 3. The number of unbranched alkanes of at least 4 members (excludes halogenated alkanes) is 10. The highest BCUT2D eigenvalue weighted by Gasteiger charge is 2.43. The van der Waals surface area contributed by atoms with Gasteiger partial charge in [-0.1, -0.05) is 77.6 Å². The summed E-state index contributed by atoms with van der Waals surface area (Å²) in [5, 5.41) is 27.1. The Balaban J connectivity index is 4.10. The molecule has 0 aromatic carbocycles. The Morgan fingerprint density at radius 2 is 1.12 bits per heavy atom. The Morgan fingerprint density at radius 3 is 1.48 bits per heavy atom. The quantitative estimate of drug-likeness (QED) is 0.213. The molecule has 3 N–H and O–H groups in total. The standard InChI is InChI=1S/C19H32O6/c1-2-3-4-5-6-7-8-9-10-11-12-14-19(17(22)23,18(24)25)15-13-16(20)21/h13,15H,2-12,14H2,1H3,(H,20,21)(H,22,23)(H,24,25). The number of hydrogen-bond acceptors (Lipinski definition) is 3. The maximum Gasteiger partial charge on any atom is 0.328 e. The lowest BCUT2D eigenvalue weighted by Gasteiger charge is -2.20. The van der Waals surface area contributed by atoms with Gasteiger partial charge in [-0.25, -0.2) is 4.79 Å². The maximum absolute atomic E-state index is 11.4. The molecule has 0 aromatic heterocycles. The van der Waals surface area contributed by atoms with Crippen molar-refractivity contribution in [1.82, 2.24) is 0 Å². The van der Waals surface area contributed by atoms with E-state index in [0.29, 0.717) is 12.5 Å². The summed E-state index contributed by atoms with van der Waals surface area (Å²) in [6.07, 6.45) is 13.2. The first-order valence-electron chi connectivity index (χ1n) is 9.25. The lowest BCUT2D eigenvalue weighted by Crippen LogP contribution is -2.37. The second kappa shape index (κ2) is 13.4. The average molecular weight is 356 g/mol. The van der Waals surface area contributed by atoms with Crippen LogP contribution in [0.3, 0.4) is 0 Å². The van der Waals surface area contributed by atoms with Crippen molar-refractivity contribution in [2.24, 2.45) is 5.41 Å². The smallest absolute Gasteiger partial charge is 0.328 e. The third kappa shape index (κ3) is 9.89. The summed E-state index contributed by atoms with van der Waals surface area (Å²) >= 11 is 0. The normalized spacial score (nSPS) is 11.7. The van der Waals surface area contributed by atoms with Crippen LogP contribution in [0.15, 0.2) is 12.2 Å². The molecule has 0 aliphatic heterocycles. The van der Waals surface area contributed by atoms with Crippen molar-refractivity contribution in [3.63, 3.8) is 0 Å². The van der Waals surface area contributed by atoms with E-state index in [2.05, 4.69) is 6.92 Å². The van der Waals surface area contributed by atoms with E-state index in [4.69, 9.17) is 5.11 Å². The summed E-state index contributed by atoms with van der Waals surface area (Å²) in [7, 11) is 0. The van der Waals surface area contributed by atoms with E-state index in [1.165, 1.54) is 38.5 Å². The largest absolute Gasteiger partial charge is 0.480 e. The van der Waals surface area contributed by atoms with Crippen LogP contribution < -0.4 is 0 Å². The number of carbonyl (C=O) groups is 3. The molecule has 0 bridgehead atoms. The summed E-state index contributed by atoms with van der Waals surface area (Å²) in [6, 6.07) is 0. The fraction of sp³-hybridized carbons (Fsp3) is 0.737. The van der Waals surface area contributed by atoms with E-state index in [1.807, 2.05) is 0 Å². The molecule has 25 heavy (non-hydrogen) atoms. The predicted molar refractivity (Wildman–Crippen MR) is 95.6 cm³/mol. The van der Waals surface area contributed by atoms with Gasteiger partial charge in [0, 0.05) is 6.08 Å². The van der Waals surface area contributed by atoms with Gasteiger partial charge in [0.25, 0.3) is 0 Å². The first-order chi connectivity index (χ1) is 11.9. The molecule has 0 heterocycles. The molecule has 0 amide bonds. The molecule has 0 aliphatic carbocycles. The molecule has 0 saturated carbocycles. The van der Waals surface area contributed by atoms with Gasteiger partial charge in [-0.3, -0.25) is 9.59 Å². The van der Waals surface area contributed by atoms with Crippen LogP contribution in [0.25, 0.3) is 0 Å². The number of carboxylic acids is 3. The molecule has 144 valence electrons. The highest BCUT2D eigenvalue weighted by atomic mass is 16.4. The molecule has 0 aliphatic rings. The second-order valence-corrected chi connectivity index (χ2v) is 6.54. The minimum absolute atomic E-state index is 0.0987. The van der Waals surface area contributed by atoms with Crippen molar-refractivity contribution in [2.75, 3.05) is 0 Å². The zero-order valence-electron chi connectivity index (χ0n) is 15.2. The Kier molecular flexibility index (Phi) is 12.4. The monoisotopic (exact) mass is 356 g/mol. The average Bonchev–Trinajstić information content (AvgIpc) is 2.54. The van der Waals surface area contributed by atoms with Crippen molar-refractivity contribution < 1.29 is 29.7 Å². The zero-order chi connectivity index (χ0) is 19.1. The van der Waals surface area contributed by atoms with Gasteiger partial charge in [0.1, 0.15) is 0 Å². The Morgan fingerprint density at radius 1 is 0.720 bits per heavy atom. The third-order valence-corrected chi connectivity index (χ3v) is 4.45. The molecule has 6 heteroatoms. The van der Waals surface area contributed by atoms with E-state index < -0.39 is 23.3 Å². The molecule has 6 nitrogen and oxygen atoms in total. The molecule has 0 spiro atoms. The minimum atomic E-state index is -2.16. The molecule has 0 fully saturated rings. The summed E-state index contributed by atoms with van der Waals surface area (Å²) < 4.78 is 0. The summed E-state index contributed by atoms with van der Waals surface area (Å²) in [5.74, 6) is -4.40. The Bertz CT molecular complexity index is 427. The van der Waals surface area contributed by atoms with Gasteiger partial charge >= 0.3 is 17.9 Å². The fourth-order valence-corrected chi connectivity index (χ4v) is 2.81. The van der Waals surface area contributed by atoms with Gasteiger partial charge in [-0.2, -0.15) is 0 Å². The van der Waals surface area contributed by atoms with E-state index >= 15 is 0 Å². The molecule has 0 radical (unpaired) electrons. The van der Waals surface area contributed by atoms with E-state index in [0.717, 1.165) is 31.8 Å². The first-order valence-corrected chi connectivity index (χ1v) is 9.25. The van der Waals surface area contributed by atoms with Crippen molar-refractivity contribution in [3.05, 3.63) is 12.2 Å². The molecular weight excluding hydrogens is 324 g/mol. The van der Waals surface area contributed by atoms with Crippen LogP contribution in [0, 0.1) is 5.41 Å². The van der Waals surface area contributed by atoms with Gasteiger partial charge in [-0.15, -0.1) is 0 Å². The highest BCUT2D eigenvalue weighted by molar-refractivity contribution is 6.01. The van der Waals surface area contributed by atoms with Gasteiger partial charge in [0.05, 0.1) is 0 Å². The van der Waals surface area contributed by atoms with Gasteiger partial charge in [-0.05, 0) is 12.5 Å². The van der Waals surface area contributed by atoms with Crippen molar-refractivity contribution in [2.45, 2.75) is 84.0 Å². The van der Waals surface area contributed by atoms with E-state index in [-0.39, 0.29) is 6.42 Å². The van der Waals surface area contributed by atoms with Crippen LogP contribution >= 0.6 is 0 Å². The number of rotatable bonds is 16. The number of hydrogen-bond donors (Lipinski definition) is 3. The molecule has 0 saturated heterocycles. The maximum atomic E-state index is 11.4. The van der Waals surface area contributed by atoms with Gasteiger partial charge in [0.2, 0.25) is 0 Å². The molecule has 0 aromatic rings. The Labute approximate surface area is 149 Å². The van der Waals surface area contributed by atoms with Gasteiger partial charge in [0.15, 0.2) is 5.41 Å². The van der Waals surface area contributed by atoms with Crippen molar-refractivity contribution in [3.8, 4) is 0 Å². The van der Waals surface area contributed by atoms with Crippen LogP contribution in [-0.4, -0.2) is 33.2 Å². The summed E-state index contributed by atoms with van der Waals surface area (Å²) in [4.78, 5) is 33.3. The van der Waals surface area contributed by atoms with Crippen molar-refractivity contribution in [1.29, 1.82) is 0 Å². The fourth-order valence-electron chi connectivity index (χ4n) is 2.81. The zero-order valence-corrected chi connectivity index (χ0v) is 15.2. The molecule has 0 rings (SSSR count). The molecule has 0 atom stereocenters. The SMILES string of the molecule is CCCCCCCCCCCCCC(C=CC(=O)O)(C(=O)O)C(=O)O. The lowest BCUT2D eigenvalue weighted by molar-refractivity contribution is -0.161. The topological polar surface area (TPSA) is 112 Å². The minimum Gasteiger partial charge on any atom is -0.480 e. The molecule has 0 unspecified atom stereocenters. The Hall–Kier alpha value is -1.85. The molecular formula is C19H32O6. The van der Waals surface area contributed by atoms with Crippen molar-refractivity contribution >= 4 is 17.9 Å². The second-order valence-electron chi connectivity index (χ2n) is 6.54. The lowest BCUT2D eigenvalue weighted by atomic mass is 9.82. The van der Waals surface area contributed by atoms with Crippen LogP contribution in [0.5, 0.6) is 0 Å². The summed E-state index contributed by atoms with van der Waals surface area (Å²) in [6.45, 7) is 2.20. The van der Waals surface area contributed by atoms with E-state index in [9.17, 15) is 24.6 Å². The third-order valence-electron chi connectivity index (χ3n) is 4.45. The first kappa shape index (κ1) is 23.1. The van der Waals surface area contributed by atoms with E-state index in [1.54, 1.807) is 0 Å². The van der Waals surface area contributed by atoms with Crippen LogP contribution in [-0.2, 0) is 14.4 Å². The number of aliphatic carboxylic acids is 3. The van der Waals surface area contributed by atoms with Crippen LogP contribution in [0.4, 0.5) is 0 Å². The highest BCUT2D eigenvalue weighted by Crippen LogP contribution is 2.28. The summed E-state index contributed by atoms with van der Waals surface area (Å²) in [5.41, 5.74) is -2.16. The van der Waals surface area contributed by atoms with Crippen LogP contribution in [0.1, 0.15) is 84.0 Å².